The molecule has 0 aromatic carbocycles. The average molecular weight is 279 g/mol. The number of aromatic nitrogens is 2. The molecule has 1 aromatic heterocycles. The number of carboxylic acids is 1. The first kappa shape index (κ1) is 14.6. The lowest BCUT2D eigenvalue weighted by atomic mass is 10.1. The standard InChI is InChI=1S/C14H21N3O3/c18-13(19)7-2-1-4-8-15-14(20)11-10-16-17-9-5-3-6-12(11)17/h10H,1-9H2,(H,15,20)(H,18,19). The van der Waals surface area contributed by atoms with Crippen LogP contribution in [0, 0.1) is 0 Å². The molecule has 0 unspecified atom stereocenters. The summed E-state index contributed by atoms with van der Waals surface area (Å²) in [7, 11) is 0. The van der Waals surface area contributed by atoms with Gasteiger partial charge in [-0.1, -0.05) is 6.42 Å². The summed E-state index contributed by atoms with van der Waals surface area (Å²) in [4.78, 5) is 22.4. The summed E-state index contributed by atoms with van der Waals surface area (Å²) >= 11 is 0. The highest BCUT2D eigenvalue weighted by Crippen LogP contribution is 2.17. The molecule has 0 atom stereocenters. The van der Waals surface area contributed by atoms with E-state index in [2.05, 4.69) is 10.4 Å². The van der Waals surface area contributed by atoms with E-state index in [9.17, 15) is 9.59 Å². The quantitative estimate of drug-likeness (QED) is 0.742. The molecule has 1 aromatic rings. The van der Waals surface area contributed by atoms with Gasteiger partial charge in [0.15, 0.2) is 0 Å². The molecular formula is C14H21N3O3. The fraction of sp³-hybridized carbons (Fsp3) is 0.643. The summed E-state index contributed by atoms with van der Waals surface area (Å²) in [5, 5.41) is 15.6. The molecule has 20 heavy (non-hydrogen) atoms. The molecule has 110 valence electrons. The zero-order valence-electron chi connectivity index (χ0n) is 11.6. The van der Waals surface area contributed by atoms with E-state index in [0.29, 0.717) is 18.5 Å². The number of hydrogen-bond donors (Lipinski definition) is 2. The Morgan fingerprint density at radius 1 is 1.30 bits per heavy atom. The van der Waals surface area contributed by atoms with E-state index in [1.807, 2.05) is 4.68 Å². The Bertz CT molecular complexity index is 482. The Hall–Kier alpha value is -1.85. The van der Waals surface area contributed by atoms with Crippen molar-refractivity contribution in [2.24, 2.45) is 0 Å². The van der Waals surface area contributed by atoms with Gasteiger partial charge in [-0.15, -0.1) is 0 Å². The molecule has 0 fully saturated rings. The molecule has 0 radical (unpaired) electrons. The van der Waals surface area contributed by atoms with Crippen molar-refractivity contribution in [1.82, 2.24) is 15.1 Å². The fourth-order valence-corrected chi connectivity index (χ4v) is 2.49. The molecule has 0 spiro atoms. The molecule has 1 aliphatic heterocycles. The Labute approximate surface area is 118 Å². The highest BCUT2D eigenvalue weighted by atomic mass is 16.4. The van der Waals surface area contributed by atoms with Crippen molar-refractivity contribution in [3.8, 4) is 0 Å². The van der Waals surface area contributed by atoms with Gasteiger partial charge in [-0.3, -0.25) is 14.3 Å². The summed E-state index contributed by atoms with van der Waals surface area (Å²) in [6.45, 7) is 1.49. The third kappa shape index (κ3) is 3.82. The Balaban J connectivity index is 1.72. The minimum absolute atomic E-state index is 0.0635. The van der Waals surface area contributed by atoms with Gasteiger partial charge in [-0.05, 0) is 32.1 Å². The number of aliphatic carboxylic acids is 1. The van der Waals surface area contributed by atoms with Crippen molar-refractivity contribution in [3.63, 3.8) is 0 Å². The molecule has 6 nitrogen and oxygen atoms in total. The Morgan fingerprint density at radius 2 is 2.15 bits per heavy atom. The van der Waals surface area contributed by atoms with Crippen LogP contribution in [0.25, 0.3) is 0 Å². The van der Waals surface area contributed by atoms with Gasteiger partial charge in [0.1, 0.15) is 0 Å². The van der Waals surface area contributed by atoms with E-state index >= 15 is 0 Å². The second-order valence-electron chi connectivity index (χ2n) is 5.15. The van der Waals surface area contributed by atoms with Gasteiger partial charge in [0, 0.05) is 19.5 Å². The average Bonchev–Trinajstić information content (AvgIpc) is 2.86. The van der Waals surface area contributed by atoms with E-state index in [1.54, 1.807) is 6.20 Å². The number of rotatable bonds is 7. The number of fused-ring (bicyclic) bond motifs is 1. The van der Waals surface area contributed by atoms with E-state index in [0.717, 1.165) is 44.3 Å². The van der Waals surface area contributed by atoms with Crippen molar-refractivity contribution >= 4 is 11.9 Å². The van der Waals surface area contributed by atoms with Crippen LogP contribution in [0.4, 0.5) is 0 Å². The van der Waals surface area contributed by atoms with Crippen LogP contribution in [0.3, 0.4) is 0 Å². The number of aryl methyl sites for hydroxylation is 1. The Kier molecular flexibility index (Phi) is 5.15. The van der Waals surface area contributed by atoms with Gasteiger partial charge < -0.3 is 10.4 Å². The van der Waals surface area contributed by atoms with Crippen LogP contribution in [0.2, 0.25) is 0 Å². The van der Waals surface area contributed by atoms with Crippen molar-refractivity contribution in [2.75, 3.05) is 6.54 Å². The van der Waals surface area contributed by atoms with Crippen LogP contribution in [0.5, 0.6) is 0 Å². The van der Waals surface area contributed by atoms with Crippen molar-refractivity contribution in [1.29, 1.82) is 0 Å². The van der Waals surface area contributed by atoms with Gasteiger partial charge in [0.2, 0.25) is 0 Å². The van der Waals surface area contributed by atoms with E-state index in [1.165, 1.54) is 0 Å². The van der Waals surface area contributed by atoms with Gasteiger partial charge in [-0.2, -0.15) is 5.10 Å². The van der Waals surface area contributed by atoms with Gasteiger partial charge >= 0.3 is 5.97 Å². The second kappa shape index (κ2) is 7.07. The summed E-state index contributed by atoms with van der Waals surface area (Å²) in [6, 6.07) is 0. The number of carbonyl (C=O) groups is 2. The number of hydrogen-bond acceptors (Lipinski definition) is 3. The minimum Gasteiger partial charge on any atom is -0.481 e. The first-order valence-electron chi connectivity index (χ1n) is 7.23. The molecule has 1 amide bonds. The normalized spacial score (nSPS) is 13.8. The minimum atomic E-state index is -0.763. The van der Waals surface area contributed by atoms with E-state index in [4.69, 9.17) is 5.11 Å². The van der Waals surface area contributed by atoms with Crippen LogP contribution < -0.4 is 5.32 Å². The molecule has 0 saturated carbocycles. The third-order valence-corrected chi connectivity index (χ3v) is 3.58. The molecule has 0 aliphatic carbocycles. The third-order valence-electron chi connectivity index (χ3n) is 3.58. The lowest BCUT2D eigenvalue weighted by Gasteiger charge is -2.14. The van der Waals surface area contributed by atoms with Gasteiger partial charge in [0.25, 0.3) is 5.91 Å². The number of unbranched alkanes of at least 4 members (excludes halogenated alkanes) is 2. The molecule has 2 heterocycles. The monoisotopic (exact) mass is 279 g/mol. The fourth-order valence-electron chi connectivity index (χ4n) is 2.49. The number of amides is 1. The van der Waals surface area contributed by atoms with Crippen molar-refractivity contribution in [3.05, 3.63) is 17.5 Å². The number of nitrogens with one attached hydrogen (secondary N) is 1. The number of carboxylic acid groups (broad SMARTS) is 1. The molecular weight excluding hydrogens is 258 g/mol. The first-order valence-corrected chi connectivity index (χ1v) is 7.23. The summed E-state index contributed by atoms with van der Waals surface area (Å²) in [5.74, 6) is -0.827. The first-order chi connectivity index (χ1) is 9.68. The lowest BCUT2D eigenvalue weighted by molar-refractivity contribution is -0.137. The van der Waals surface area contributed by atoms with Crippen LogP contribution in [0.1, 0.15) is 54.6 Å². The van der Waals surface area contributed by atoms with Crippen LogP contribution in [-0.2, 0) is 17.8 Å². The number of nitrogens with zero attached hydrogens (tertiary/aromatic N) is 2. The molecule has 2 N–H and O–H groups in total. The highest BCUT2D eigenvalue weighted by molar-refractivity contribution is 5.95. The maximum atomic E-state index is 12.1. The summed E-state index contributed by atoms with van der Waals surface area (Å²) in [6.07, 6.45) is 7.29. The Morgan fingerprint density at radius 3 is 2.95 bits per heavy atom. The smallest absolute Gasteiger partial charge is 0.303 e. The molecule has 0 saturated heterocycles. The van der Waals surface area contributed by atoms with Gasteiger partial charge in [0.05, 0.1) is 17.5 Å². The number of carbonyl (C=O) groups excluding carboxylic acids is 1. The van der Waals surface area contributed by atoms with Crippen LogP contribution >= 0.6 is 0 Å². The molecule has 6 heteroatoms. The van der Waals surface area contributed by atoms with Crippen molar-refractivity contribution < 1.29 is 14.7 Å². The molecule has 2 rings (SSSR count). The van der Waals surface area contributed by atoms with Crippen LogP contribution in [0.15, 0.2) is 6.20 Å². The summed E-state index contributed by atoms with van der Waals surface area (Å²) in [5.41, 5.74) is 1.73. The highest BCUT2D eigenvalue weighted by Gasteiger charge is 2.19. The zero-order valence-corrected chi connectivity index (χ0v) is 11.6. The van der Waals surface area contributed by atoms with E-state index in [-0.39, 0.29) is 12.3 Å². The SMILES string of the molecule is O=C(O)CCCCCNC(=O)c1cnn2c1CCCC2. The van der Waals surface area contributed by atoms with Crippen molar-refractivity contribution in [2.45, 2.75) is 51.5 Å². The molecule has 1 aliphatic rings. The predicted octanol–water partition coefficient (Wildman–Crippen LogP) is 1.59. The topological polar surface area (TPSA) is 84.2 Å². The van der Waals surface area contributed by atoms with Crippen LogP contribution in [-0.4, -0.2) is 33.3 Å². The second-order valence-corrected chi connectivity index (χ2v) is 5.15. The van der Waals surface area contributed by atoms with E-state index < -0.39 is 5.97 Å². The summed E-state index contributed by atoms with van der Waals surface area (Å²) < 4.78 is 1.92. The molecule has 0 bridgehead atoms. The lowest BCUT2D eigenvalue weighted by Crippen LogP contribution is -2.26. The largest absolute Gasteiger partial charge is 0.481 e. The predicted molar refractivity (Wildman–Crippen MR) is 73.6 cm³/mol. The van der Waals surface area contributed by atoms with Gasteiger partial charge in [-0.25, -0.2) is 0 Å². The maximum absolute atomic E-state index is 12.1. The zero-order chi connectivity index (χ0) is 14.4. The maximum Gasteiger partial charge on any atom is 0.303 e.